The smallest absolute Gasteiger partial charge is 0.263 e. The molecule has 1 amide bonds. The van der Waals surface area contributed by atoms with E-state index in [-0.39, 0.29) is 11.6 Å². The zero-order chi connectivity index (χ0) is 23.8. The molecule has 0 aliphatic carbocycles. The molecule has 2 aromatic carbocycles. The number of rotatable bonds is 8. The van der Waals surface area contributed by atoms with Gasteiger partial charge in [-0.05, 0) is 58.2 Å². The zero-order valence-corrected chi connectivity index (χ0v) is 19.9. The summed E-state index contributed by atoms with van der Waals surface area (Å²) in [6, 6.07) is 15.6. The Morgan fingerprint density at radius 1 is 1.18 bits per heavy atom. The molecule has 7 nitrogen and oxygen atoms in total. The average Bonchev–Trinajstić information content (AvgIpc) is 2.81. The third-order valence-corrected chi connectivity index (χ3v) is 5.76. The number of nitrogens with one attached hydrogen (secondary N) is 2. The Morgan fingerprint density at radius 3 is 2.52 bits per heavy atom. The fraction of sp³-hybridized carbons (Fsp3) is 0.385. The van der Waals surface area contributed by atoms with Gasteiger partial charge in [-0.15, -0.1) is 0 Å². The zero-order valence-electron chi connectivity index (χ0n) is 19.9. The third-order valence-electron chi connectivity index (χ3n) is 5.76. The third kappa shape index (κ3) is 6.50. The molecule has 1 aliphatic heterocycles. The van der Waals surface area contributed by atoms with Gasteiger partial charge in [0.1, 0.15) is 17.4 Å². The molecule has 1 fully saturated rings. The summed E-state index contributed by atoms with van der Waals surface area (Å²) in [7, 11) is 2.14. The number of hydrogen-bond donors (Lipinski definition) is 2. The average molecular weight is 448 g/mol. The van der Waals surface area contributed by atoms with Gasteiger partial charge in [-0.3, -0.25) is 4.79 Å². The number of amides is 1. The molecule has 7 heteroatoms. The van der Waals surface area contributed by atoms with Crippen molar-refractivity contribution in [3.63, 3.8) is 0 Å². The molecule has 2 aromatic rings. The standard InChI is InChI=1S/C26H33N5O2/c1-5-33-25-11-6-19(2)16-24(25)20(3)29-26(32)21(17-27)18-28-22-7-9-23(10-8-22)31-14-12-30(4)13-15-31/h6-11,16,18,20,28H,5,12-15H2,1-4H3,(H,29,32)/b21-18-. The van der Waals surface area contributed by atoms with Gasteiger partial charge < -0.3 is 25.2 Å². The van der Waals surface area contributed by atoms with Crippen LogP contribution in [0.1, 0.15) is 31.0 Å². The topological polar surface area (TPSA) is 80.6 Å². The minimum Gasteiger partial charge on any atom is -0.494 e. The summed E-state index contributed by atoms with van der Waals surface area (Å²) in [5.41, 5.74) is 3.96. The van der Waals surface area contributed by atoms with Gasteiger partial charge in [-0.1, -0.05) is 17.7 Å². The number of carbonyl (C=O) groups is 1. The Balaban J connectivity index is 1.63. The van der Waals surface area contributed by atoms with Gasteiger partial charge in [0.05, 0.1) is 12.6 Å². The molecule has 1 unspecified atom stereocenters. The summed E-state index contributed by atoms with van der Waals surface area (Å²) in [6.07, 6.45) is 1.45. The minimum absolute atomic E-state index is 0.00982. The van der Waals surface area contributed by atoms with E-state index in [0.29, 0.717) is 6.61 Å². The Bertz CT molecular complexity index is 1020. The number of carbonyl (C=O) groups excluding carboxylic acids is 1. The maximum absolute atomic E-state index is 12.7. The Hall–Kier alpha value is -3.50. The highest BCUT2D eigenvalue weighted by Crippen LogP contribution is 2.27. The number of ether oxygens (including phenoxy) is 1. The number of likely N-dealkylation sites (N-methyl/N-ethyl adjacent to an activating group) is 1. The van der Waals surface area contributed by atoms with Crippen LogP contribution in [0.15, 0.2) is 54.2 Å². The summed E-state index contributed by atoms with van der Waals surface area (Å²) in [5, 5.41) is 15.5. The van der Waals surface area contributed by atoms with Crippen molar-refractivity contribution in [3.05, 3.63) is 65.4 Å². The number of benzene rings is 2. The lowest BCUT2D eigenvalue weighted by Gasteiger charge is -2.34. The lowest BCUT2D eigenvalue weighted by atomic mass is 10.0. The van der Waals surface area contributed by atoms with Gasteiger partial charge in [0, 0.05) is 49.3 Å². The summed E-state index contributed by atoms with van der Waals surface area (Å²) in [4.78, 5) is 17.4. The molecule has 2 N–H and O–H groups in total. The lowest BCUT2D eigenvalue weighted by molar-refractivity contribution is -0.117. The summed E-state index contributed by atoms with van der Waals surface area (Å²) < 4.78 is 5.70. The number of hydrogen-bond acceptors (Lipinski definition) is 6. The molecular formula is C26H33N5O2. The molecule has 1 saturated heterocycles. The second kappa shape index (κ2) is 11.4. The number of aryl methyl sites for hydroxylation is 1. The lowest BCUT2D eigenvalue weighted by Crippen LogP contribution is -2.44. The van der Waals surface area contributed by atoms with Crippen molar-refractivity contribution in [2.75, 3.05) is 50.1 Å². The van der Waals surface area contributed by atoms with E-state index in [2.05, 4.69) is 39.6 Å². The Labute approximate surface area is 196 Å². The second-order valence-electron chi connectivity index (χ2n) is 8.32. The first-order chi connectivity index (χ1) is 15.9. The van der Waals surface area contributed by atoms with Crippen molar-refractivity contribution in [1.29, 1.82) is 5.26 Å². The van der Waals surface area contributed by atoms with E-state index in [1.807, 2.05) is 57.2 Å². The highest BCUT2D eigenvalue weighted by molar-refractivity contribution is 5.97. The van der Waals surface area contributed by atoms with Crippen LogP contribution < -0.4 is 20.3 Å². The molecule has 1 heterocycles. The van der Waals surface area contributed by atoms with Gasteiger partial charge in [0.2, 0.25) is 0 Å². The van der Waals surface area contributed by atoms with Crippen molar-refractivity contribution in [2.24, 2.45) is 0 Å². The molecule has 174 valence electrons. The van der Waals surface area contributed by atoms with Gasteiger partial charge in [-0.25, -0.2) is 0 Å². The maximum atomic E-state index is 12.7. The Kier molecular flexibility index (Phi) is 8.34. The number of anilines is 2. The van der Waals surface area contributed by atoms with Crippen LogP contribution in [0.3, 0.4) is 0 Å². The van der Waals surface area contributed by atoms with Crippen LogP contribution in [-0.4, -0.2) is 50.6 Å². The Morgan fingerprint density at radius 2 is 1.88 bits per heavy atom. The van der Waals surface area contributed by atoms with E-state index in [4.69, 9.17) is 4.74 Å². The largest absolute Gasteiger partial charge is 0.494 e. The molecule has 0 aromatic heterocycles. The van der Waals surface area contributed by atoms with Gasteiger partial charge >= 0.3 is 0 Å². The van der Waals surface area contributed by atoms with E-state index in [9.17, 15) is 10.1 Å². The van der Waals surface area contributed by atoms with E-state index in [0.717, 1.165) is 48.7 Å². The quantitative estimate of drug-likeness (QED) is 0.473. The molecule has 0 radical (unpaired) electrons. The molecule has 0 bridgehead atoms. The van der Waals surface area contributed by atoms with Gasteiger partial charge in [-0.2, -0.15) is 5.26 Å². The van der Waals surface area contributed by atoms with Gasteiger partial charge in [0.25, 0.3) is 5.91 Å². The van der Waals surface area contributed by atoms with Crippen LogP contribution in [0.2, 0.25) is 0 Å². The summed E-state index contributed by atoms with van der Waals surface area (Å²) >= 11 is 0. The SMILES string of the molecule is CCOc1ccc(C)cc1C(C)NC(=O)/C(C#N)=C\Nc1ccc(N2CCN(C)CC2)cc1. The highest BCUT2D eigenvalue weighted by Gasteiger charge is 2.18. The van der Waals surface area contributed by atoms with Crippen molar-refractivity contribution in [3.8, 4) is 11.8 Å². The molecule has 33 heavy (non-hydrogen) atoms. The monoisotopic (exact) mass is 447 g/mol. The van der Waals surface area contributed by atoms with Crippen molar-refractivity contribution < 1.29 is 9.53 Å². The van der Waals surface area contributed by atoms with Crippen LogP contribution in [0.4, 0.5) is 11.4 Å². The van der Waals surface area contributed by atoms with Crippen LogP contribution in [0, 0.1) is 18.3 Å². The predicted octanol–water partition coefficient (Wildman–Crippen LogP) is 3.84. The summed E-state index contributed by atoms with van der Waals surface area (Å²) in [6.45, 7) is 10.5. The van der Waals surface area contributed by atoms with E-state index >= 15 is 0 Å². The van der Waals surface area contributed by atoms with E-state index in [1.54, 1.807) is 0 Å². The first-order valence-corrected chi connectivity index (χ1v) is 11.4. The van der Waals surface area contributed by atoms with Crippen LogP contribution in [0.25, 0.3) is 0 Å². The van der Waals surface area contributed by atoms with Crippen LogP contribution in [0.5, 0.6) is 5.75 Å². The molecule has 1 atom stereocenters. The molecule has 0 saturated carbocycles. The van der Waals surface area contributed by atoms with Crippen LogP contribution in [-0.2, 0) is 4.79 Å². The molecular weight excluding hydrogens is 414 g/mol. The number of nitriles is 1. The summed E-state index contributed by atoms with van der Waals surface area (Å²) in [5.74, 6) is 0.299. The maximum Gasteiger partial charge on any atom is 0.263 e. The number of piperazine rings is 1. The fourth-order valence-corrected chi connectivity index (χ4v) is 3.78. The first-order valence-electron chi connectivity index (χ1n) is 11.4. The molecule has 0 spiro atoms. The van der Waals surface area contributed by atoms with Crippen molar-refractivity contribution >= 4 is 17.3 Å². The van der Waals surface area contributed by atoms with Gasteiger partial charge in [0.15, 0.2) is 0 Å². The normalized spacial score (nSPS) is 15.5. The van der Waals surface area contributed by atoms with Crippen LogP contribution >= 0.6 is 0 Å². The van der Waals surface area contributed by atoms with Crippen molar-refractivity contribution in [2.45, 2.75) is 26.8 Å². The number of nitrogens with zero attached hydrogens (tertiary/aromatic N) is 3. The fourth-order valence-electron chi connectivity index (χ4n) is 3.78. The van der Waals surface area contributed by atoms with E-state index in [1.165, 1.54) is 11.9 Å². The molecule has 1 aliphatic rings. The van der Waals surface area contributed by atoms with E-state index < -0.39 is 5.91 Å². The molecule has 3 rings (SSSR count). The highest BCUT2D eigenvalue weighted by atomic mass is 16.5. The second-order valence-corrected chi connectivity index (χ2v) is 8.32. The van der Waals surface area contributed by atoms with Crippen molar-refractivity contribution in [1.82, 2.24) is 10.2 Å². The minimum atomic E-state index is -0.435. The predicted molar refractivity (Wildman–Crippen MR) is 132 cm³/mol. The first kappa shape index (κ1) is 24.1.